The summed E-state index contributed by atoms with van der Waals surface area (Å²) < 4.78 is 69.6. The normalized spacial score (nSPS) is 35.6. The molecule has 3 heterocycles. The molecule has 0 spiro atoms. The van der Waals surface area contributed by atoms with Gasteiger partial charge in [-0.3, -0.25) is 18.1 Å². The Kier molecular flexibility index (Phi) is 13.0. The Labute approximate surface area is 255 Å². The Morgan fingerprint density at radius 3 is 2.09 bits per heavy atom. The molecule has 1 aromatic rings. The van der Waals surface area contributed by atoms with Crippen molar-refractivity contribution >= 4 is 38.4 Å². The van der Waals surface area contributed by atoms with Crippen LogP contribution in [-0.4, -0.2) is 118 Å². The van der Waals surface area contributed by atoms with Crippen molar-refractivity contribution in [1.29, 1.82) is 0 Å². The molecule has 1 aromatic carbocycles. The summed E-state index contributed by atoms with van der Waals surface area (Å²) in [6.45, 7) is 2.94. The van der Waals surface area contributed by atoms with Crippen molar-refractivity contribution < 1.29 is 61.1 Å². The smallest absolute Gasteiger partial charge is 0.390 e. The highest BCUT2D eigenvalue weighted by atomic mass is 31.2. The van der Waals surface area contributed by atoms with E-state index in [2.05, 4.69) is 0 Å². The van der Waals surface area contributed by atoms with Gasteiger partial charge in [0, 0.05) is 26.2 Å². The Bertz CT molecular complexity index is 1110. The summed E-state index contributed by atoms with van der Waals surface area (Å²) in [5.41, 5.74) is 1.05. The van der Waals surface area contributed by atoms with Crippen LogP contribution in [0.3, 0.4) is 0 Å². The molecule has 0 aliphatic carbocycles. The van der Waals surface area contributed by atoms with Crippen molar-refractivity contribution in [1.82, 2.24) is 0 Å². The lowest BCUT2D eigenvalue weighted by Gasteiger charge is -2.25. The highest BCUT2D eigenvalue weighted by molar-refractivity contribution is 7.47. The quantitative estimate of drug-likeness (QED) is 0.175. The van der Waals surface area contributed by atoms with E-state index >= 15 is 0 Å². The third kappa shape index (κ3) is 11.0. The van der Waals surface area contributed by atoms with Gasteiger partial charge in [0.15, 0.2) is 0 Å². The van der Waals surface area contributed by atoms with Gasteiger partial charge in [0.05, 0.1) is 51.4 Å². The first kappa shape index (κ1) is 35.3. The van der Waals surface area contributed by atoms with E-state index in [9.17, 15) is 24.0 Å². The second-order valence-electron chi connectivity index (χ2n) is 11.1. The van der Waals surface area contributed by atoms with Gasteiger partial charge < -0.3 is 33.8 Å². The highest BCUT2D eigenvalue weighted by Gasteiger charge is 2.44. The van der Waals surface area contributed by atoms with E-state index in [0.717, 1.165) is 5.56 Å². The maximum absolute atomic E-state index is 13.0. The van der Waals surface area contributed by atoms with Crippen molar-refractivity contribution in [3.8, 4) is 0 Å². The van der Waals surface area contributed by atoms with E-state index in [1.807, 2.05) is 44.2 Å². The lowest BCUT2D eigenvalue weighted by molar-refractivity contribution is -0.0608. The summed E-state index contributed by atoms with van der Waals surface area (Å²) in [5, 5.41) is 9.92. The molecule has 0 amide bonds. The molecule has 13 nitrogen and oxygen atoms in total. The first-order chi connectivity index (χ1) is 20.3. The zero-order valence-electron chi connectivity index (χ0n) is 24.2. The fraction of sp³-hybridized carbons (Fsp3) is 0.760. The van der Waals surface area contributed by atoms with Gasteiger partial charge in [0.2, 0.25) is 0 Å². The number of phosphoric acid groups is 2. The summed E-state index contributed by atoms with van der Waals surface area (Å²) in [4.78, 5) is 20.9. The van der Waals surface area contributed by atoms with Crippen LogP contribution in [0.4, 0.5) is 0 Å². The first-order valence-corrected chi connectivity index (χ1v) is 17.2. The monoisotopic (exact) mass is 641 g/mol. The molecule has 0 aromatic heterocycles. The topological polar surface area (TPSA) is 169 Å². The lowest BCUT2D eigenvalue weighted by atomic mass is 9.51. The minimum atomic E-state index is -4.68. The van der Waals surface area contributed by atoms with Crippen molar-refractivity contribution in [3.05, 3.63) is 35.9 Å². The Balaban J connectivity index is 1.32. The maximum Gasteiger partial charge on any atom is 0.472 e. The van der Waals surface area contributed by atoms with Crippen LogP contribution in [0.2, 0.25) is 0 Å². The van der Waals surface area contributed by atoms with Crippen LogP contribution in [0.15, 0.2) is 30.3 Å². The van der Waals surface area contributed by atoms with Crippen LogP contribution in [-0.2, 0) is 52.6 Å². The van der Waals surface area contributed by atoms with Gasteiger partial charge in [-0.05, 0) is 38.7 Å². The van der Waals surface area contributed by atoms with Gasteiger partial charge in [-0.1, -0.05) is 30.3 Å². The molecule has 235 valence electrons. The van der Waals surface area contributed by atoms with E-state index in [1.165, 1.54) is 7.17 Å². The average molecular weight is 641 g/mol. The van der Waals surface area contributed by atoms with Gasteiger partial charge in [0.25, 0.3) is 0 Å². The lowest BCUT2D eigenvalue weighted by Crippen LogP contribution is -2.31. The molecule has 3 N–H and O–H groups in total. The van der Waals surface area contributed by atoms with Crippen LogP contribution in [0, 0.1) is 0 Å². The molecule has 3 fully saturated rings. The van der Waals surface area contributed by atoms with Gasteiger partial charge in [-0.2, -0.15) is 0 Å². The summed E-state index contributed by atoms with van der Waals surface area (Å²) >= 11 is 0. The zero-order valence-corrected chi connectivity index (χ0v) is 25.9. The highest BCUT2D eigenvalue weighted by Crippen LogP contribution is 2.50. The molecule has 2 unspecified atom stereocenters. The van der Waals surface area contributed by atoms with E-state index in [-0.39, 0.29) is 31.7 Å². The third-order valence-electron chi connectivity index (χ3n) is 7.21. The van der Waals surface area contributed by atoms with Gasteiger partial charge in [0.1, 0.15) is 32.3 Å². The SMILES string of the molecule is [B][B][C@H]1C[C@@H](OP(=O)(O)OC[C@H]2O[C@@H]([B])C[C@H]2O)[C@@H](COP(=O)(O)O[C@@H]2C[C@H](Cc3ccccc3)O[C@@H]2COC(C)C)O1. The van der Waals surface area contributed by atoms with E-state index < -0.39 is 77.5 Å². The van der Waals surface area contributed by atoms with E-state index in [0.29, 0.717) is 12.8 Å². The average Bonchev–Trinajstić information content (AvgIpc) is 3.60. The molecule has 4 rings (SSSR count). The molecule has 3 aliphatic rings. The van der Waals surface area contributed by atoms with Crippen molar-refractivity contribution in [3.63, 3.8) is 0 Å². The largest absolute Gasteiger partial charge is 0.472 e. The van der Waals surface area contributed by atoms with Crippen LogP contribution < -0.4 is 0 Å². The number of benzene rings is 1. The molecule has 0 saturated carbocycles. The Morgan fingerprint density at radius 2 is 1.51 bits per heavy atom. The molecular formula is C25H38B3O13P2. The molecule has 18 heteroatoms. The molecule has 11 atom stereocenters. The number of aliphatic hydroxyl groups excluding tert-OH is 1. The van der Waals surface area contributed by atoms with Crippen LogP contribution in [0.25, 0.3) is 0 Å². The molecular weight excluding hydrogens is 603 g/mol. The van der Waals surface area contributed by atoms with E-state index in [1.54, 1.807) is 0 Å². The Morgan fingerprint density at radius 1 is 0.907 bits per heavy atom. The van der Waals surface area contributed by atoms with Crippen molar-refractivity contribution in [2.45, 2.75) is 100 Å². The summed E-state index contributed by atoms with van der Waals surface area (Å²) in [6.07, 6.45) is -4.64. The van der Waals surface area contributed by atoms with Gasteiger partial charge in [-0.15, -0.1) is 0 Å². The van der Waals surface area contributed by atoms with Gasteiger partial charge >= 0.3 is 15.6 Å². The van der Waals surface area contributed by atoms with E-state index in [4.69, 9.17) is 52.6 Å². The number of phosphoric ester groups is 2. The minimum absolute atomic E-state index is 0.0503. The van der Waals surface area contributed by atoms with Crippen LogP contribution >= 0.6 is 15.6 Å². The molecule has 3 aliphatic heterocycles. The summed E-state index contributed by atoms with van der Waals surface area (Å²) in [6, 6.07) is 8.31. The standard InChI is InChI=1S/C25H38B3O13P2/c1-15(2)34-12-22-19(9-17(37-22)8-16-6-4-3-5-7-16)40-43(32,33)36-14-23-20(11-25(28-27)39-23)41-42(30,31)35-13-21-18(29)10-24(26)38-21/h3-7,15,17-25,29H,8-14H2,1-2H3,(H,30,31)(H,32,33)/t17-,18+,19+,20+,21+,22+,23+,24+,25+/m0/s1. The molecule has 3 saturated heterocycles. The number of rotatable bonds is 16. The molecule has 5 radical (unpaired) electrons. The summed E-state index contributed by atoms with van der Waals surface area (Å²) in [5.74, 6) is 0. The molecule has 0 bridgehead atoms. The number of hydrogen-bond donors (Lipinski definition) is 3. The second-order valence-corrected chi connectivity index (χ2v) is 13.9. The minimum Gasteiger partial charge on any atom is -0.390 e. The molecule has 43 heavy (non-hydrogen) atoms. The fourth-order valence-electron chi connectivity index (χ4n) is 5.13. The van der Waals surface area contributed by atoms with Crippen molar-refractivity contribution in [2.75, 3.05) is 19.8 Å². The first-order valence-electron chi connectivity index (χ1n) is 14.2. The number of ether oxygens (including phenoxy) is 4. The third-order valence-corrected chi connectivity index (χ3v) is 9.24. The Hall–Kier alpha value is -0.565. The fourth-order valence-corrected chi connectivity index (χ4v) is 7.05. The maximum atomic E-state index is 13.0. The second kappa shape index (κ2) is 15.8. The van der Waals surface area contributed by atoms with Crippen LogP contribution in [0.5, 0.6) is 0 Å². The van der Waals surface area contributed by atoms with Crippen LogP contribution in [0.1, 0.15) is 38.7 Å². The predicted octanol–water partition coefficient (Wildman–Crippen LogP) is 1.36. The number of hydrogen-bond acceptors (Lipinski definition) is 11. The van der Waals surface area contributed by atoms with Crippen molar-refractivity contribution in [2.24, 2.45) is 0 Å². The van der Waals surface area contributed by atoms with Gasteiger partial charge in [-0.25, -0.2) is 9.13 Å². The number of aliphatic hydroxyl groups is 1. The zero-order chi connectivity index (χ0) is 31.2. The summed E-state index contributed by atoms with van der Waals surface area (Å²) in [7, 11) is 3.09. The predicted molar refractivity (Wildman–Crippen MR) is 156 cm³/mol.